The number of ether oxygens (including phenoxy) is 3. The molecule has 138 valence electrons. The fraction of sp³-hybridized carbons (Fsp3) is 0.450. The molecule has 0 amide bonds. The lowest BCUT2D eigenvalue weighted by Crippen LogP contribution is -2.27. The third-order valence-corrected chi connectivity index (χ3v) is 4.64. The van der Waals surface area contributed by atoms with Gasteiger partial charge in [0.25, 0.3) is 0 Å². The summed E-state index contributed by atoms with van der Waals surface area (Å²) < 4.78 is 17.8. The lowest BCUT2D eigenvalue weighted by atomic mass is 10.2. The molecule has 0 unspecified atom stereocenters. The number of nitrogens with zero attached hydrogens (tertiary/aromatic N) is 2. The van der Waals surface area contributed by atoms with Crippen molar-refractivity contribution in [3.63, 3.8) is 0 Å². The molecule has 0 atom stereocenters. The number of fused-ring (bicyclic) bond motifs is 3. The van der Waals surface area contributed by atoms with Gasteiger partial charge in [-0.25, -0.2) is 0 Å². The van der Waals surface area contributed by atoms with Crippen molar-refractivity contribution in [2.24, 2.45) is 0 Å². The predicted molar refractivity (Wildman–Crippen MR) is 101 cm³/mol. The zero-order valence-corrected chi connectivity index (χ0v) is 14.9. The van der Waals surface area contributed by atoms with E-state index in [9.17, 15) is 0 Å². The van der Waals surface area contributed by atoms with Gasteiger partial charge >= 0.3 is 0 Å². The van der Waals surface area contributed by atoms with Crippen LogP contribution in [0.15, 0.2) is 36.7 Å². The Labute approximate surface area is 154 Å². The molecule has 0 spiro atoms. The summed E-state index contributed by atoms with van der Waals surface area (Å²) in [6.07, 6.45) is 6.93. The number of pyridine rings is 1. The second-order valence-electron chi connectivity index (χ2n) is 6.50. The molecule has 4 rings (SSSR count). The van der Waals surface area contributed by atoms with Crippen LogP contribution in [0.3, 0.4) is 0 Å². The van der Waals surface area contributed by atoms with Gasteiger partial charge in [0.05, 0.1) is 37.4 Å². The van der Waals surface area contributed by atoms with E-state index in [0.717, 1.165) is 74.3 Å². The van der Waals surface area contributed by atoms with Gasteiger partial charge in [0.2, 0.25) is 0 Å². The highest BCUT2D eigenvalue weighted by molar-refractivity contribution is 5.78. The van der Waals surface area contributed by atoms with E-state index in [1.165, 1.54) is 6.42 Å². The van der Waals surface area contributed by atoms with Crippen LogP contribution in [0.25, 0.3) is 0 Å². The zero-order valence-electron chi connectivity index (χ0n) is 14.9. The lowest BCUT2D eigenvalue weighted by molar-refractivity contribution is 0.143. The number of benzene rings is 1. The van der Waals surface area contributed by atoms with Crippen LogP contribution in [0, 0.1) is 0 Å². The summed E-state index contributed by atoms with van der Waals surface area (Å²) in [5, 5.41) is 3.43. The first-order valence-corrected chi connectivity index (χ1v) is 9.36. The Bertz CT molecular complexity index is 738. The molecule has 2 aliphatic heterocycles. The number of aromatic nitrogens is 1. The topological polar surface area (TPSA) is 55.9 Å². The summed E-state index contributed by atoms with van der Waals surface area (Å²) in [5.41, 5.74) is 2.02. The molecule has 2 aromatic rings. The number of hydrogen-bond acceptors (Lipinski definition) is 6. The first-order chi connectivity index (χ1) is 12.9. The minimum atomic E-state index is 0.647. The zero-order chi connectivity index (χ0) is 17.6. The smallest absolute Gasteiger partial charge is 0.169 e. The van der Waals surface area contributed by atoms with Crippen LogP contribution in [-0.4, -0.2) is 44.4 Å². The van der Waals surface area contributed by atoms with Crippen LogP contribution >= 0.6 is 0 Å². The average molecular weight is 355 g/mol. The highest BCUT2D eigenvalue weighted by Crippen LogP contribution is 2.47. The molecule has 2 bridgehead atoms. The molecule has 1 N–H and O–H groups in total. The van der Waals surface area contributed by atoms with Gasteiger partial charge in [0, 0.05) is 25.4 Å². The molecule has 1 aromatic heterocycles. The van der Waals surface area contributed by atoms with Gasteiger partial charge in [0.15, 0.2) is 11.5 Å². The van der Waals surface area contributed by atoms with Gasteiger partial charge in [-0.15, -0.1) is 0 Å². The van der Waals surface area contributed by atoms with Crippen LogP contribution in [0.5, 0.6) is 17.2 Å². The molecule has 3 heterocycles. The molecule has 0 radical (unpaired) electrons. The summed E-state index contributed by atoms with van der Waals surface area (Å²) in [6.45, 7) is 4.78. The van der Waals surface area contributed by atoms with Crippen LogP contribution in [-0.2, 0) is 4.74 Å². The van der Waals surface area contributed by atoms with Crippen molar-refractivity contribution in [1.82, 2.24) is 10.3 Å². The van der Waals surface area contributed by atoms with Crippen molar-refractivity contribution in [1.29, 1.82) is 0 Å². The highest BCUT2D eigenvalue weighted by Gasteiger charge is 2.25. The van der Waals surface area contributed by atoms with Crippen molar-refractivity contribution >= 4 is 11.4 Å². The molecule has 0 fully saturated rings. The van der Waals surface area contributed by atoms with Gasteiger partial charge in [-0.1, -0.05) is 0 Å². The Balaban J connectivity index is 1.60. The molecule has 2 aliphatic rings. The number of nitrogens with one attached hydrogen (secondary N) is 1. The predicted octanol–water partition coefficient (Wildman–Crippen LogP) is 3.49. The van der Waals surface area contributed by atoms with Crippen molar-refractivity contribution in [3.05, 3.63) is 36.7 Å². The lowest BCUT2D eigenvalue weighted by Gasteiger charge is -2.32. The Morgan fingerprint density at radius 2 is 1.92 bits per heavy atom. The first kappa shape index (κ1) is 17.1. The van der Waals surface area contributed by atoms with Gasteiger partial charge in [-0.3, -0.25) is 4.98 Å². The van der Waals surface area contributed by atoms with Gasteiger partial charge < -0.3 is 24.4 Å². The number of rotatable bonds is 0. The van der Waals surface area contributed by atoms with Crippen molar-refractivity contribution in [2.75, 3.05) is 44.4 Å². The summed E-state index contributed by atoms with van der Waals surface area (Å²) in [7, 11) is 0. The van der Waals surface area contributed by atoms with E-state index in [4.69, 9.17) is 14.2 Å². The highest BCUT2D eigenvalue weighted by atomic mass is 16.5. The molecule has 1 aromatic carbocycles. The Morgan fingerprint density at radius 1 is 0.923 bits per heavy atom. The van der Waals surface area contributed by atoms with Crippen molar-refractivity contribution < 1.29 is 14.2 Å². The van der Waals surface area contributed by atoms with Gasteiger partial charge in [-0.2, -0.15) is 0 Å². The fourth-order valence-corrected chi connectivity index (χ4v) is 3.29. The third-order valence-electron chi connectivity index (χ3n) is 4.64. The minimum Gasteiger partial charge on any atom is -0.494 e. The van der Waals surface area contributed by atoms with E-state index in [1.807, 2.05) is 18.2 Å². The molecule has 0 aliphatic carbocycles. The van der Waals surface area contributed by atoms with E-state index in [-0.39, 0.29) is 0 Å². The number of anilines is 2. The second-order valence-corrected chi connectivity index (χ2v) is 6.50. The standard InChI is InChI=1S/C20H25N3O3/c1-2-7-21-9-12-24-13-10-23-17-6-8-22-15-20(17)26-19-5-4-16(14-18(19)23)25-11-3-1/h4-6,8,14-15,21H,1-3,7,9-13H2. The monoisotopic (exact) mass is 355 g/mol. The Hall–Kier alpha value is -2.31. The SMILES string of the molecule is c1cc2c(cn1)Oc1ccc3cc1N2CCOCCNCCCCCO3. The summed E-state index contributed by atoms with van der Waals surface area (Å²) in [6, 6.07) is 7.98. The second kappa shape index (κ2) is 8.38. The quantitative estimate of drug-likeness (QED) is 0.781. The maximum Gasteiger partial charge on any atom is 0.169 e. The molecule has 26 heavy (non-hydrogen) atoms. The molecule has 6 nitrogen and oxygen atoms in total. The Morgan fingerprint density at radius 3 is 2.92 bits per heavy atom. The molecule has 0 saturated heterocycles. The van der Waals surface area contributed by atoms with Crippen molar-refractivity contribution in [2.45, 2.75) is 19.3 Å². The third kappa shape index (κ3) is 3.92. The molecule has 6 heteroatoms. The minimum absolute atomic E-state index is 0.647. The van der Waals surface area contributed by atoms with E-state index in [1.54, 1.807) is 12.4 Å². The number of hydrogen-bond donors (Lipinski definition) is 1. The van der Waals surface area contributed by atoms with E-state index >= 15 is 0 Å². The maximum atomic E-state index is 6.03. The maximum absolute atomic E-state index is 6.03. The van der Waals surface area contributed by atoms with E-state index < -0.39 is 0 Å². The average Bonchev–Trinajstić information content (AvgIpc) is 2.67. The van der Waals surface area contributed by atoms with Crippen LogP contribution in [0.4, 0.5) is 11.4 Å². The largest absolute Gasteiger partial charge is 0.494 e. The molecular weight excluding hydrogens is 330 g/mol. The van der Waals surface area contributed by atoms with Crippen LogP contribution in [0.2, 0.25) is 0 Å². The Kier molecular flexibility index (Phi) is 5.52. The van der Waals surface area contributed by atoms with Gasteiger partial charge in [-0.05, 0) is 44.0 Å². The van der Waals surface area contributed by atoms with E-state index in [0.29, 0.717) is 6.61 Å². The summed E-state index contributed by atoms with van der Waals surface area (Å²) in [5.74, 6) is 2.46. The summed E-state index contributed by atoms with van der Waals surface area (Å²) >= 11 is 0. The van der Waals surface area contributed by atoms with E-state index in [2.05, 4.69) is 21.3 Å². The van der Waals surface area contributed by atoms with Crippen LogP contribution in [0.1, 0.15) is 19.3 Å². The fourth-order valence-electron chi connectivity index (χ4n) is 3.29. The van der Waals surface area contributed by atoms with Crippen molar-refractivity contribution in [3.8, 4) is 17.2 Å². The first-order valence-electron chi connectivity index (χ1n) is 9.36. The normalized spacial score (nSPS) is 18.4. The van der Waals surface area contributed by atoms with Gasteiger partial charge in [0.1, 0.15) is 5.75 Å². The molecule has 0 saturated carbocycles. The molecular formula is C20H25N3O3. The van der Waals surface area contributed by atoms with Crippen LogP contribution < -0.4 is 19.7 Å². The summed E-state index contributed by atoms with van der Waals surface area (Å²) in [4.78, 5) is 6.41.